The Morgan fingerprint density at radius 1 is 1.43 bits per heavy atom. The standard InChI is InChI=1S/K.H2O4S2/c;1-5(2)6(3)4/h;(H,1,2)(H,3,4)/q+1;/p-1. The molecule has 0 radical (unpaired) electrons. The van der Waals surface area contributed by atoms with Crippen molar-refractivity contribution in [2.45, 2.75) is 0 Å². The average molecular weight is 168 g/mol. The fraction of sp³-hybridized carbons (Fsp3) is 0. The van der Waals surface area contributed by atoms with Crippen molar-refractivity contribution in [2.24, 2.45) is 0 Å². The first-order valence-electron chi connectivity index (χ1n) is 0.849. The van der Waals surface area contributed by atoms with Gasteiger partial charge in [-0.1, -0.05) is 0 Å². The van der Waals surface area contributed by atoms with E-state index in [1.165, 1.54) is 0 Å². The number of rotatable bonds is 1. The van der Waals surface area contributed by atoms with Gasteiger partial charge in [0.05, 0.1) is 10.1 Å². The molecule has 1 N–H and O–H groups in total. The summed E-state index contributed by atoms with van der Waals surface area (Å²) >= 11 is 0. The molecule has 0 aliphatic carbocycles. The first-order chi connectivity index (χ1) is 2.64. The number of hydrogen-bond acceptors (Lipinski definition) is 3. The zero-order valence-corrected chi connectivity index (χ0v) is 8.24. The third-order valence-electron chi connectivity index (χ3n) is 0.116. The van der Waals surface area contributed by atoms with Gasteiger partial charge < -0.3 is 4.55 Å². The molecule has 0 rings (SSSR count). The van der Waals surface area contributed by atoms with Crippen molar-refractivity contribution in [3.05, 3.63) is 0 Å². The summed E-state index contributed by atoms with van der Waals surface area (Å²) in [4.78, 5) is 0. The summed E-state index contributed by atoms with van der Waals surface area (Å²) in [7, 11) is -5.54. The van der Waals surface area contributed by atoms with E-state index in [1.807, 2.05) is 0 Å². The molecule has 0 aliphatic heterocycles. The van der Waals surface area contributed by atoms with Crippen LogP contribution in [0.3, 0.4) is 0 Å². The van der Waals surface area contributed by atoms with E-state index in [4.69, 9.17) is 13.3 Å². The Bertz CT molecular complexity index is 75.7. The third-order valence-corrected chi connectivity index (χ3v) is 1.05. The summed E-state index contributed by atoms with van der Waals surface area (Å²) in [6.07, 6.45) is 0. The van der Waals surface area contributed by atoms with Crippen LogP contribution in [-0.4, -0.2) is 17.5 Å². The summed E-state index contributed by atoms with van der Waals surface area (Å²) < 4.78 is 35.0. The van der Waals surface area contributed by atoms with Crippen molar-refractivity contribution in [1.82, 2.24) is 0 Å². The molecule has 38 valence electrons. The van der Waals surface area contributed by atoms with E-state index in [2.05, 4.69) is 0 Å². The van der Waals surface area contributed by atoms with Crippen LogP contribution in [-0.2, 0) is 20.2 Å². The van der Waals surface area contributed by atoms with Gasteiger partial charge in [-0.25, -0.2) is 4.21 Å². The Morgan fingerprint density at radius 3 is 1.57 bits per heavy atom. The molecule has 2 unspecified atom stereocenters. The van der Waals surface area contributed by atoms with Gasteiger partial charge in [0.15, 0.2) is 0 Å². The first kappa shape index (κ1) is 11.6. The summed E-state index contributed by atoms with van der Waals surface area (Å²) in [6.45, 7) is 0. The SMILES string of the molecule is O=S([O-])S(=O)O.[K+]. The molecule has 7 heavy (non-hydrogen) atoms. The molecular weight excluding hydrogens is 167 g/mol. The van der Waals surface area contributed by atoms with Crippen LogP contribution >= 0.6 is 0 Å². The molecule has 0 spiro atoms. The first-order valence-corrected chi connectivity index (χ1v) is 3.55. The van der Waals surface area contributed by atoms with Gasteiger partial charge in [-0.2, -0.15) is 0 Å². The van der Waals surface area contributed by atoms with Gasteiger partial charge in [0.1, 0.15) is 0 Å². The Kier molecular flexibility index (Phi) is 9.94. The van der Waals surface area contributed by atoms with Crippen molar-refractivity contribution < 1.29 is 68.9 Å². The fourth-order valence-electron chi connectivity index (χ4n) is 0. The molecule has 0 aromatic rings. The Morgan fingerprint density at radius 2 is 1.57 bits per heavy atom. The molecule has 0 heterocycles. The number of hydrogen-bond donors (Lipinski definition) is 1. The van der Waals surface area contributed by atoms with Gasteiger partial charge in [-0.05, 0) is 0 Å². The van der Waals surface area contributed by atoms with Crippen molar-refractivity contribution >= 4 is 20.2 Å². The second-order valence-electron chi connectivity index (χ2n) is 0.421. The largest absolute Gasteiger partial charge is 1.00 e. The zero-order chi connectivity index (χ0) is 5.15. The zero-order valence-electron chi connectivity index (χ0n) is 3.49. The molecule has 0 saturated carbocycles. The third kappa shape index (κ3) is 7.86. The van der Waals surface area contributed by atoms with Crippen molar-refractivity contribution in [3.63, 3.8) is 0 Å². The summed E-state index contributed by atoms with van der Waals surface area (Å²) in [6, 6.07) is 0. The maximum Gasteiger partial charge on any atom is 1.00 e. The molecule has 2 atom stereocenters. The van der Waals surface area contributed by atoms with Gasteiger partial charge >= 0.3 is 51.4 Å². The molecular formula is HKO4S2. The fourth-order valence-corrected chi connectivity index (χ4v) is 0. The van der Waals surface area contributed by atoms with E-state index in [0.717, 1.165) is 0 Å². The topological polar surface area (TPSA) is 77.4 Å². The van der Waals surface area contributed by atoms with Gasteiger partial charge in [0.25, 0.3) is 0 Å². The Hall–Kier alpha value is 1.86. The van der Waals surface area contributed by atoms with Crippen molar-refractivity contribution in [2.75, 3.05) is 0 Å². The molecule has 0 aromatic heterocycles. The molecule has 0 aliphatic rings. The van der Waals surface area contributed by atoms with Gasteiger partial charge in [0.2, 0.25) is 10.1 Å². The normalized spacial score (nSPS) is 16.9. The molecule has 0 saturated heterocycles. The van der Waals surface area contributed by atoms with Crippen LogP contribution in [0, 0.1) is 0 Å². The Labute approximate surface area is 87.5 Å². The van der Waals surface area contributed by atoms with Crippen molar-refractivity contribution in [1.29, 1.82) is 0 Å². The summed E-state index contributed by atoms with van der Waals surface area (Å²) in [5.74, 6) is 0. The predicted octanol–water partition coefficient (Wildman–Crippen LogP) is -3.99. The van der Waals surface area contributed by atoms with Crippen LogP contribution in [0.2, 0.25) is 0 Å². The molecule has 0 bridgehead atoms. The van der Waals surface area contributed by atoms with Gasteiger partial charge in [-0.3, -0.25) is 8.76 Å². The maximum absolute atomic E-state index is 9.20. The van der Waals surface area contributed by atoms with Gasteiger partial charge in [-0.15, -0.1) is 0 Å². The molecule has 0 amide bonds. The van der Waals surface area contributed by atoms with E-state index >= 15 is 0 Å². The monoisotopic (exact) mass is 168 g/mol. The smallest absolute Gasteiger partial charge is 0.760 e. The summed E-state index contributed by atoms with van der Waals surface area (Å²) in [5, 5.41) is 0. The van der Waals surface area contributed by atoms with E-state index in [-0.39, 0.29) is 51.4 Å². The van der Waals surface area contributed by atoms with E-state index in [0.29, 0.717) is 0 Å². The average Bonchev–Trinajstić information content (AvgIpc) is 1.36. The quantitative estimate of drug-likeness (QED) is 0.246. The Balaban J connectivity index is 0. The van der Waals surface area contributed by atoms with Crippen LogP contribution in [0.15, 0.2) is 0 Å². The van der Waals surface area contributed by atoms with Gasteiger partial charge in [0, 0.05) is 0 Å². The minimum atomic E-state index is -2.84. The van der Waals surface area contributed by atoms with E-state index in [9.17, 15) is 4.21 Å². The molecule has 4 nitrogen and oxygen atoms in total. The van der Waals surface area contributed by atoms with Crippen molar-refractivity contribution in [3.8, 4) is 0 Å². The minimum absolute atomic E-state index is 0. The molecule has 0 aromatic carbocycles. The van der Waals surface area contributed by atoms with Crippen LogP contribution in [0.1, 0.15) is 0 Å². The van der Waals surface area contributed by atoms with E-state index in [1.54, 1.807) is 0 Å². The summed E-state index contributed by atoms with van der Waals surface area (Å²) in [5.41, 5.74) is 0. The molecule has 0 fully saturated rings. The second kappa shape index (κ2) is 5.98. The van der Waals surface area contributed by atoms with Crippen LogP contribution in [0.5, 0.6) is 0 Å². The van der Waals surface area contributed by atoms with Crippen LogP contribution < -0.4 is 51.4 Å². The van der Waals surface area contributed by atoms with Crippen LogP contribution in [0.25, 0.3) is 0 Å². The maximum atomic E-state index is 9.20. The van der Waals surface area contributed by atoms with E-state index < -0.39 is 20.2 Å². The molecule has 7 heteroatoms. The second-order valence-corrected chi connectivity index (χ2v) is 2.94. The predicted molar refractivity (Wildman–Crippen MR) is 19.7 cm³/mol. The van der Waals surface area contributed by atoms with Crippen LogP contribution in [0.4, 0.5) is 0 Å². The minimum Gasteiger partial charge on any atom is -0.760 e.